The van der Waals surface area contributed by atoms with Crippen LogP contribution in [-0.4, -0.2) is 39.7 Å². The smallest absolute Gasteiger partial charge is 0.253 e. The molecule has 1 aromatic carbocycles. The zero-order valence-corrected chi connectivity index (χ0v) is 13.8. The van der Waals surface area contributed by atoms with E-state index in [1.807, 2.05) is 47.1 Å². The molecule has 1 atom stereocenters. The highest BCUT2D eigenvalue weighted by molar-refractivity contribution is 6.00. The first-order valence-electron chi connectivity index (χ1n) is 8.17. The normalized spacial score (nSPS) is 16.8. The lowest BCUT2D eigenvalue weighted by Crippen LogP contribution is -2.43. The van der Waals surface area contributed by atoms with Gasteiger partial charge in [0.1, 0.15) is 5.65 Å². The summed E-state index contributed by atoms with van der Waals surface area (Å²) in [6.07, 6.45) is 5.54. The van der Waals surface area contributed by atoms with Gasteiger partial charge in [-0.15, -0.1) is 0 Å². The van der Waals surface area contributed by atoms with E-state index in [1.54, 1.807) is 24.2 Å². The van der Waals surface area contributed by atoms with Gasteiger partial charge in [0.25, 0.3) is 5.91 Å². The van der Waals surface area contributed by atoms with Gasteiger partial charge in [-0.2, -0.15) is 0 Å². The number of rotatable bonds is 3. The number of imidazole rings is 1. The third-order valence-corrected chi connectivity index (χ3v) is 4.62. The Bertz CT molecular complexity index is 963. The first kappa shape index (κ1) is 15.4. The second-order valence-corrected chi connectivity index (χ2v) is 6.27. The Labute approximate surface area is 145 Å². The van der Waals surface area contributed by atoms with Gasteiger partial charge >= 0.3 is 0 Å². The molecule has 1 unspecified atom stereocenters. The average molecular weight is 334 g/mol. The van der Waals surface area contributed by atoms with Crippen molar-refractivity contribution in [3.05, 3.63) is 71.7 Å². The lowest BCUT2D eigenvalue weighted by molar-refractivity contribution is -0.123. The van der Waals surface area contributed by atoms with E-state index in [4.69, 9.17) is 0 Å². The van der Waals surface area contributed by atoms with Crippen LogP contribution >= 0.6 is 0 Å². The molecule has 0 saturated carbocycles. The van der Waals surface area contributed by atoms with Crippen LogP contribution < -0.4 is 5.32 Å². The third kappa shape index (κ3) is 2.76. The molecule has 2 amide bonds. The van der Waals surface area contributed by atoms with Crippen molar-refractivity contribution in [3.63, 3.8) is 0 Å². The zero-order valence-electron chi connectivity index (χ0n) is 13.8. The number of pyridine rings is 1. The minimum Gasteiger partial charge on any atom is -0.351 e. The van der Waals surface area contributed by atoms with Crippen LogP contribution in [0.5, 0.6) is 0 Å². The molecule has 3 heterocycles. The van der Waals surface area contributed by atoms with E-state index in [9.17, 15) is 9.59 Å². The molecule has 25 heavy (non-hydrogen) atoms. The Hall–Kier alpha value is -3.15. The molecule has 0 bridgehead atoms. The van der Waals surface area contributed by atoms with E-state index in [2.05, 4.69) is 10.3 Å². The zero-order chi connectivity index (χ0) is 17.4. The van der Waals surface area contributed by atoms with Crippen molar-refractivity contribution in [2.24, 2.45) is 0 Å². The Balaban J connectivity index is 1.52. The summed E-state index contributed by atoms with van der Waals surface area (Å²) in [5.41, 5.74) is 3.24. The summed E-state index contributed by atoms with van der Waals surface area (Å²) in [7, 11) is 1.73. The van der Waals surface area contributed by atoms with Gasteiger partial charge in [0.05, 0.1) is 5.92 Å². The molecule has 0 saturated heterocycles. The molecular formula is C19H18N4O2. The topological polar surface area (TPSA) is 66.7 Å². The number of carbonyl (C=O) groups excluding carboxylic acids is 2. The molecule has 2 aromatic heterocycles. The summed E-state index contributed by atoms with van der Waals surface area (Å²) in [5, 5.41) is 2.99. The van der Waals surface area contributed by atoms with Crippen molar-refractivity contribution in [3.8, 4) is 0 Å². The fourth-order valence-corrected chi connectivity index (χ4v) is 3.26. The van der Waals surface area contributed by atoms with Crippen LogP contribution in [0.15, 0.2) is 55.0 Å². The molecule has 6 nitrogen and oxygen atoms in total. The summed E-state index contributed by atoms with van der Waals surface area (Å²) in [6, 6.07) is 11.2. The van der Waals surface area contributed by atoms with Gasteiger partial charge in [-0.25, -0.2) is 4.98 Å². The van der Waals surface area contributed by atoms with Crippen LogP contribution in [-0.2, 0) is 11.3 Å². The van der Waals surface area contributed by atoms with Crippen molar-refractivity contribution in [2.45, 2.75) is 12.5 Å². The predicted molar refractivity (Wildman–Crippen MR) is 93.2 cm³/mol. The number of likely N-dealkylation sites (N-methyl/N-ethyl adjacent to an activating group) is 1. The number of nitrogens with zero attached hydrogens (tertiary/aromatic N) is 3. The van der Waals surface area contributed by atoms with E-state index >= 15 is 0 Å². The molecule has 126 valence electrons. The van der Waals surface area contributed by atoms with Gasteiger partial charge in [-0.3, -0.25) is 9.59 Å². The monoisotopic (exact) mass is 334 g/mol. The number of amides is 2. The van der Waals surface area contributed by atoms with Crippen LogP contribution in [0, 0.1) is 0 Å². The first-order valence-corrected chi connectivity index (χ1v) is 8.17. The summed E-state index contributed by atoms with van der Waals surface area (Å²) >= 11 is 0. The maximum absolute atomic E-state index is 12.7. The Morgan fingerprint density at radius 3 is 3.00 bits per heavy atom. The number of aromatic nitrogens is 2. The van der Waals surface area contributed by atoms with E-state index in [1.165, 1.54) is 0 Å². The molecule has 1 aliphatic rings. The van der Waals surface area contributed by atoms with Gasteiger partial charge in [0.15, 0.2) is 0 Å². The van der Waals surface area contributed by atoms with Crippen molar-refractivity contribution in [1.82, 2.24) is 19.6 Å². The largest absolute Gasteiger partial charge is 0.351 e. The minimum absolute atomic E-state index is 0.0376. The highest BCUT2D eigenvalue weighted by atomic mass is 16.2. The second-order valence-electron chi connectivity index (χ2n) is 6.27. The number of hydrogen-bond donors (Lipinski definition) is 1. The van der Waals surface area contributed by atoms with Gasteiger partial charge in [-0.1, -0.05) is 18.2 Å². The van der Waals surface area contributed by atoms with Gasteiger partial charge in [0.2, 0.25) is 5.91 Å². The van der Waals surface area contributed by atoms with Crippen molar-refractivity contribution < 1.29 is 9.59 Å². The van der Waals surface area contributed by atoms with Gasteiger partial charge < -0.3 is 14.6 Å². The molecule has 4 rings (SSSR count). The number of hydrogen-bond acceptors (Lipinski definition) is 3. The van der Waals surface area contributed by atoms with Crippen molar-refractivity contribution in [1.29, 1.82) is 0 Å². The maximum Gasteiger partial charge on any atom is 0.253 e. The minimum atomic E-state index is -0.353. The fourth-order valence-electron chi connectivity index (χ4n) is 3.26. The Kier molecular flexibility index (Phi) is 3.72. The van der Waals surface area contributed by atoms with Crippen LogP contribution in [0.25, 0.3) is 5.65 Å². The highest BCUT2D eigenvalue weighted by Gasteiger charge is 2.33. The molecule has 0 aliphatic carbocycles. The van der Waals surface area contributed by atoms with Crippen LogP contribution in [0.2, 0.25) is 0 Å². The molecule has 1 aliphatic heterocycles. The number of nitrogens with one attached hydrogen (secondary N) is 1. The molecule has 3 aromatic rings. The molecule has 1 N–H and O–H groups in total. The van der Waals surface area contributed by atoms with E-state index < -0.39 is 0 Å². The summed E-state index contributed by atoms with van der Waals surface area (Å²) < 4.78 is 1.92. The lowest BCUT2D eigenvalue weighted by Gasteiger charge is -2.31. The average Bonchev–Trinajstić information content (AvgIpc) is 3.10. The fraction of sp³-hybridized carbons (Fsp3) is 0.211. The third-order valence-electron chi connectivity index (χ3n) is 4.62. The quantitative estimate of drug-likeness (QED) is 0.794. The van der Waals surface area contributed by atoms with E-state index in [0.717, 1.165) is 16.8 Å². The SMILES string of the molecule is CN1CC(C(=O)NCc2ccn3ccnc3c2)c2ccccc2C1=O. The van der Waals surface area contributed by atoms with E-state index in [0.29, 0.717) is 18.7 Å². The van der Waals surface area contributed by atoms with Crippen molar-refractivity contribution >= 4 is 17.5 Å². The molecule has 0 fully saturated rings. The number of benzene rings is 1. The molecular weight excluding hydrogens is 316 g/mol. The number of carbonyl (C=O) groups is 2. The lowest BCUT2D eigenvalue weighted by atomic mass is 9.89. The summed E-state index contributed by atoms with van der Waals surface area (Å²) in [4.78, 5) is 30.8. The maximum atomic E-state index is 12.7. The molecule has 6 heteroatoms. The highest BCUT2D eigenvalue weighted by Crippen LogP contribution is 2.27. The standard InChI is InChI=1S/C19H18N4O2/c1-22-12-16(14-4-2-3-5-15(14)19(22)25)18(24)21-11-13-6-8-23-9-7-20-17(23)10-13/h2-10,16H,11-12H2,1H3,(H,21,24). The predicted octanol–water partition coefficient (Wildman–Crippen LogP) is 1.82. The number of fused-ring (bicyclic) bond motifs is 2. The summed E-state index contributed by atoms with van der Waals surface area (Å²) in [6.45, 7) is 0.819. The molecule has 0 radical (unpaired) electrons. The first-order chi connectivity index (χ1) is 12.1. The van der Waals surface area contributed by atoms with E-state index in [-0.39, 0.29) is 17.7 Å². The Morgan fingerprint density at radius 1 is 1.28 bits per heavy atom. The molecule has 0 spiro atoms. The van der Waals surface area contributed by atoms with Gasteiger partial charge in [-0.05, 0) is 29.3 Å². The van der Waals surface area contributed by atoms with Crippen LogP contribution in [0.1, 0.15) is 27.4 Å². The second kappa shape index (κ2) is 6.05. The van der Waals surface area contributed by atoms with Crippen molar-refractivity contribution in [2.75, 3.05) is 13.6 Å². The van der Waals surface area contributed by atoms with Crippen LogP contribution in [0.3, 0.4) is 0 Å². The van der Waals surface area contributed by atoms with Crippen LogP contribution in [0.4, 0.5) is 0 Å². The Morgan fingerprint density at radius 2 is 2.12 bits per heavy atom. The van der Waals surface area contributed by atoms with Gasteiger partial charge in [0, 0.05) is 44.3 Å². The summed E-state index contributed by atoms with van der Waals surface area (Å²) in [5.74, 6) is -0.464.